The van der Waals surface area contributed by atoms with Crippen LogP contribution in [0.4, 0.5) is 10.2 Å². The molecule has 108 valence electrons. The van der Waals surface area contributed by atoms with E-state index >= 15 is 0 Å². The molecule has 0 spiro atoms. The normalized spacial score (nSPS) is 23.9. The van der Waals surface area contributed by atoms with Gasteiger partial charge in [0.1, 0.15) is 11.6 Å². The first-order valence-corrected chi connectivity index (χ1v) is 7.06. The van der Waals surface area contributed by atoms with Crippen molar-refractivity contribution < 1.29 is 13.7 Å². The lowest BCUT2D eigenvalue weighted by molar-refractivity contribution is 0.00578. The summed E-state index contributed by atoms with van der Waals surface area (Å²) in [5.41, 5.74) is -0.505. The number of hydrogen-bond acceptors (Lipinski definition) is 4. The zero-order valence-corrected chi connectivity index (χ0v) is 12.4. The third kappa shape index (κ3) is 2.11. The summed E-state index contributed by atoms with van der Waals surface area (Å²) in [5.74, 6) is 0.412. The molecule has 0 N–H and O–H groups in total. The van der Waals surface area contributed by atoms with Gasteiger partial charge >= 0.3 is 7.12 Å². The highest BCUT2D eigenvalue weighted by molar-refractivity contribution is 6.62. The summed E-state index contributed by atoms with van der Waals surface area (Å²) in [7, 11) is -0.678. The van der Waals surface area contributed by atoms with Gasteiger partial charge in [-0.25, -0.2) is 9.37 Å². The van der Waals surface area contributed by atoms with Crippen molar-refractivity contribution in [3.63, 3.8) is 0 Å². The largest absolute Gasteiger partial charge is 0.498 e. The summed E-state index contributed by atoms with van der Waals surface area (Å²) in [6.45, 7) is 9.79. The molecule has 0 aliphatic carbocycles. The van der Waals surface area contributed by atoms with Gasteiger partial charge in [-0.15, -0.1) is 0 Å². The van der Waals surface area contributed by atoms with Gasteiger partial charge in [0, 0.05) is 18.6 Å². The van der Waals surface area contributed by atoms with E-state index in [1.54, 1.807) is 6.07 Å². The standard InChI is InChI=1S/C14H20BFN2O2/c1-13(2)14(3,4)20-15(19-13)10-8-12(17-9-11(10)16)18-6-5-7-18/h8-9H,5-7H2,1-4H3. The van der Waals surface area contributed by atoms with Gasteiger partial charge in [0.05, 0.1) is 17.4 Å². The third-order valence-corrected chi connectivity index (χ3v) is 4.56. The van der Waals surface area contributed by atoms with Crippen molar-refractivity contribution in [1.82, 2.24) is 4.98 Å². The maximum atomic E-state index is 14.1. The molecule has 0 radical (unpaired) electrons. The minimum atomic E-state index is -0.678. The number of halogens is 1. The van der Waals surface area contributed by atoms with Gasteiger partial charge in [-0.2, -0.15) is 0 Å². The van der Waals surface area contributed by atoms with Gasteiger partial charge in [0.2, 0.25) is 0 Å². The van der Waals surface area contributed by atoms with Gasteiger partial charge < -0.3 is 14.2 Å². The summed E-state index contributed by atoms with van der Waals surface area (Å²) in [6, 6.07) is 1.75. The molecule has 2 aliphatic rings. The molecule has 4 nitrogen and oxygen atoms in total. The fourth-order valence-corrected chi connectivity index (χ4v) is 2.31. The molecule has 0 aromatic carbocycles. The van der Waals surface area contributed by atoms with Crippen molar-refractivity contribution >= 4 is 18.4 Å². The Balaban J connectivity index is 1.90. The maximum absolute atomic E-state index is 14.1. The Morgan fingerprint density at radius 3 is 2.30 bits per heavy atom. The molecule has 1 aromatic rings. The zero-order valence-electron chi connectivity index (χ0n) is 12.4. The minimum Gasteiger partial charge on any atom is -0.399 e. The number of nitrogens with zero attached hydrogens (tertiary/aromatic N) is 2. The Kier molecular flexibility index (Phi) is 3.06. The topological polar surface area (TPSA) is 34.6 Å². The number of anilines is 1. The SMILES string of the molecule is CC1(C)OB(c2cc(N3CCC3)ncc2F)OC1(C)C. The second-order valence-corrected chi connectivity index (χ2v) is 6.49. The van der Waals surface area contributed by atoms with Crippen LogP contribution in [0.1, 0.15) is 34.1 Å². The molecule has 0 atom stereocenters. The second-order valence-electron chi connectivity index (χ2n) is 6.49. The lowest BCUT2D eigenvalue weighted by atomic mass is 9.79. The molecule has 0 amide bonds. The maximum Gasteiger partial charge on any atom is 0.498 e. The van der Waals surface area contributed by atoms with E-state index < -0.39 is 18.3 Å². The van der Waals surface area contributed by atoms with E-state index in [2.05, 4.69) is 9.88 Å². The molecule has 0 bridgehead atoms. The highest BCUT2D eigenvalue weighted by Crippen LogP contribution is 2.36. The van der Waals surface area contributed by atoms with Crippen molar-refractivity contribution in [2.75, 3.05) is 18.0 Å². The smallest absolute Gasteiger partial charge is 0.399 e. The van der Waals surface area contributed by atoms with Crippen LogP contribution >= 0.6 is 0 Å². The van der Waals surface area contributed by atoms with Crippen molar-refractivity contribution in [1.29, 1.82) is 0 Å². The van der Waals surface area contributed by atoms with Crippen LogP contribution in [-0.2, 0) is 9.31 Å². The van der Waals surface area contributed by atoms with Crippen LogP contribution in [0.15, 0.2) is 12.3 Å². The predicted octanol–water partition coefficient (Wildman–Crippen LogP) is 1.73. The molecule has 3 heterocycles. The fraction of sp³-hybridized carbons (Fsp3) is 0.643. The van der Waals surface area contributed by atoms with E-state index in [0.29, 0.717) is 5.46 Å². The van der Waals surface area contributed by atoms with Crippen LogP contribution in [-0.4, -0.2) is 36.4 Å². The predicted molar refractivity (Wildman–Crippen MR) is 76.7 cm³/mol. The summed E-state index contributed by atoms with van der Waals surface area (Å²) in [4.78, 5) is 6.26. The number of rotatable bonds is 2. The number of aromatic nitrogens is 1. The second kappa shape index (κ2) is 4.43. The molecular weight excluding hydrogens is 258 g/mol. The molecule has 20 heavy (non-hydrogen) atoms. The number of pyridine rings is 1. The molecule has 0 saturated carbocycles. The van der Waals surface area contributed by atoms with E-state index in [1.807, 2.05) is 27.7 Å². The summed E-state index contributed by atoms with van der Waals surface area (Å²) < 4.78 is 25.9. The van der Waals surface area contributed by atoms with Crippen LogP contribution in [0.3, 0.4) is 0 Å². The van der Waals surface area contributed by atoms with Crippen LogP contribution in [0.25, 0.3) is 0 Å². The number of hydrogen-bond donors (Lipinski definition) is 0. The van der Waals surface area contributed by atoms with E-state index in [9.17, 15) is 4.39 Å². The van der Waals surface area contributed by atoms with Gasteiger partial charge in [-0.05, 0) is 40.2 Å². The lowest BCUT2D eigenvalue weighted by Crippen LogP contribution is -2.41. The van der Waals surface area contributed by atoms with Crippen LogP contribution in [0.5, 0.6) is 0 Å². The van der Waals surface area contributed by atoms with Crippen LogP contribution in [0.2, 0.25) is 0 Å². The monoisotopic (exact) mass is 278 g/mol. The average Bonchev–Trinajstić information content (AvgIpc) is 2.48. The molecule has 0 unspecified atom stereocenters. The van der Waals surface area contributed by atoms with Gasteiger partial charge in [0.15, 0.2) is 0 Å². The Morgan fingerprint density at radius 2 is 1.80 bits per heavy atom. The molecule has 2 saturated heterocycles. The Morgan fingerprint density at radius 1 is 1.20 bits per heavy atom. The Labute approximate surface area is 119 Å². The zero-order chi connectivity index (χ0) is 14.5. The van der Waals surface area contributed by atoms with E-state index in [4.69, 9.17) is 9.31 Å². The van der Waals surface area contributed by atoms with Crippen molar-refractivity contribution in [2.24, 2.45) is 0 Å². The van der Waals surface area contributed by atoms with Crippen LogP contribution < -0.4 is 10.4 Å². The molecule has 1 aromatic heterocycles. The van der Waals surface area contributed by atoms with Gasteiger partial charge in [0.25, 0.3) is 0 Å². The minimum absolute atomic E-state index is 0.382. The first-order valence-electron chi connectivity index (χ1n) is 7.06. The molecular formula is C14H20BFN2O2. The molecule has 3 rings (SSSR count). The summed E-state index contributed by atoms with van der Waals surface area (Å²) in [5, 5.41) is 0. The highest BCUT2D eigenvalue weighted by atomic mass is 19.1. The van der Waals surface area contributed by atoms with Gasteiger partial charge in [-0.1, -0.05) is 0 Å². The molecule has 2 fully saturated rings. The van der Waals surface area contributed by atoms with E-state index in [1.165, 1.54) is 6.20 Å². The van der Waals surface area contributed by atoms with Gasteiger partial charge in [-0.3, -0.25) is 0 Å². The molecule has 6 heteroatoms. The lowest BCUT2D eigenvalue weighted by Gasteiger charge is -2.32. The average molecular weight is 278 g/mol. The Hall–Kier alpha value is -1.14. The van der Waals surface area contributed by atoms with Crippen molar-refractivity contribution in [3.05, 3.63) is 18.1 Å². The summed E-state index contributed by atoms with van der Waals surface area (Å²) in [6.07, 6.45) is 2.42. The van der Waals surface area contributed by atoms with E-state index in [-0.39, 0.29) is 5.82 Å². The van der Waals surface area contributed by atoms with Crippen LogP contribution in [0, 0.1) is 5.82 Å². The highest BCUT2D eigenvalue weighted by Gasteiger charge is 2.52. The van der Waals surface area contributed by atoms with Crippen molar-refractivity contribution in [3.8, 4) is 0 Å². The fourth-order valence-electron chi connectivity index (χ4n) is 2.31. The quantitative estimate of drug-likeness (QED) is 0.772. The summed E-state index contributed by atoms with van der Waals surface area (Å²) >= 11 is 0. The first kappa shape index (κ1) is 13.8. The Bertz CT molecular complexity index is 516. The van der Waals surface area contributed by atoms with Crippen molar-refractivity contribution in [2.45, 2.75) is 45.3 Å². The van der Waals surface area contributed by atoms with E-state index in [0.717, 1.165) is 25.3 Å². The third-order valence-electron chi connectivity index (χ3n) is 4.56. The molecule has 2 aliphatic heterocycles. The first-order chi connectivity index (χ1) is 9.30.